The van der Waals surface area contributed by atoms with Gasteiger partial charge in [-0.3, -0.25) is 4.79 Å². The van der Waals surface area contributed by atoms with Crippen molar-refractivity contribution in [3.63, 3.8) is 0 Å². The number of ether oxygens (including phenoxy) is 1. The molecule has 2 nitrogen and oxygen atoms in total. The van der Waals surface area contributed by atoms with Gasteiger partial charge in [0.2, 0.25) is 0 Å². The van der Waals surface area contributed by atoms with Crippen LogP contribution < -0.4 is 0 Å². The van der Waals surface area contributed by atoms with E-state index in [1.807, 2.05) is 32.1 Å². The molecule has 0 aliphatic heterocycles. The van der Waals surface area contributed by atoms with Gasteiger partial charge in [0.25, 0.3) is 0 Å². The van der Waals surface area contributed by atoms with E-state index in [0.717, 1.165) is 19.3 Å². The minimum atomic E-state index is -0.153. The Balaban J connectivity index is 3.41. The predicted molar refractivity (Wildman–Crippen MR) is 59.0 cm³/mol. The summed E-state index contributed by atoms with van der Waals surface area (Å²) in [5, 5.41) is 0. The van der Waals surface area contributed by atoms with Gasteiger partial charge in [-0.25, -0.2) is 0 Å². The van der Waals surface area contributed by atoms with E-state index in [-0.39, 0.29) is 12.1 Å². The highest BCUT2D eigenvalue weighted by molar-refractivity contribution is 5.71. The molecule has 0 saturated carbocycles. The van der Waals surface area contributed by atoms with Crippen LogP contribution in [-0.2, 0) is 9.53 Å². The summed E-state index contributed by atoms with van der Waals surface area (Å²) in [6.45, 7) is 7.35. The summed E-state index contributed by atoms with van der Waals surface area (Å²) < 4.78 is 4.97. The van der Waals surface area contributed by atoms with Crippen LogP contribution in [0.3, 0.4) is 0 Å². The van der Waals surface area contributed by atoms with Gasteiger partial charge in [0, 0.05) is 0 Å². The molecule has 80 valence electrons. The average molecular weight is 196 g/mol. The molecule has 0 aromatic carbocycles. The Morgan fingerprint density at radius 2 is 2.07 bits per heavy atom. The summed E-state index contributed by atoms with van der Waals surface area (Å²) in [7, 11) is 0. The minimum absolute atomic E-state index is 0.0170. The standard InChI is InChI=1S/C12H20O2/c1-4-5-6-7-8-9-10-12(13)14-11(2)3/h4,8-9,11H,1,5-7,10H2,2-3H3/b9-8+. The molecule has 0 saturated heterocycles. The lowest BCUT2D eigenvalue weighted by Crippen LogP contribution is -2.09. The highest BCUT2D eigenvalue weighted by Crippen LogP contribution is 1.99. The molecule has 0 bridgehead atoms. The molecule has 0 unspecified atom stereocenters. The highest BCUT2D eigenvalue weighted by Gasteiger charge is 2.01. The fourth-order valence-electron chi connectivity index (χ4n) is 0.988. The number of allylic oxidation sites excluding steroid dienone is 2. The van der Waals surface area contributed by atoms with Gasteiger partial charge in [-0.1, -0.05) is 18.2 Å². The summed E-state index contributed by atoms with van der Waals surface area (Å²) in [5.74, 6) is -0.153. The van der Waals surface area contributed by atoms with E-state index in [9.17, 15) is 4.79 Å². The summed E-state index contributed by atoms with van der Waals surface area (Å²) in [6.07, 6.45) is 9.28. The summed E-state index contributed by atoms with van der Waals surface area (Å²) in [5.41, 5.74) is 0. The normalized spacial score (nSPS) is 10.8. The second-order valence-corrected chi connectivity index (χ2v) is 3.43. The van der Waals surface area contributed by atoms with E-state index < -0.39 is 0 Å². The largest absolute Gasteiger partial charge is 0.463 e. The number of hydrogen-bond donors (Lipinski definition) is 0. The zero-order chi connectivity index (χ0) is 10.8. The third-order valence-corrected chi connectivity index (χ3v) is 1.60. The zero-order valence-corrected chi connectivity index (χ0v) is 9.16. The van der Waals surface area contributed by atoms with Gasteiger partial charge in [-0.2, -0.15) is 0 Å². The quantitative estimate of drug-likeness (QED) is 0.355. The van der Waals surface area contributed by atoms with Crippen molar-refractivity contribution in [1.82, 2.24) is 0 Å². The number of rotatable bonds is 7. The number of carbonyl (C=O) groups excluding carboxylic acids is 1. The van der Waals surface area contributed by atoms with Gasteiger partial charge < -0.3 is 4.74 Å². The Morgan fingerprint density at radius 3 is 2.64 bits per heavy atom. The van der Waals surface area contributed by atoms with E-state index in [1.54, 1.807) is 0 Å². The molecule has 0 amide bonds. The Morgan fingerprint density at radius 1 is 1.36 bits per heavy atom. The molecule has 0 aliphatic rings. The maximum atomic E-state index is 11.1. The molecule has 0 spiro atoms. The molecule has 0 radical (unpaired) electrons. The van der Waals surface area contributed by atoms with Gasteiger partial charge in [-0.05, 0) is 33.1 Å². The van der Waals surface area contributed by atoms with Crippen molar-refractivity contribution in [2.45, 2.75) is 45.6 Å². The van der Waals surface area contributed by atoms with Crippen molar-refractivity contribution in [1.29, 1.82) is 0 Å². The van der Waals surface area contributed by atoms with E-state index in [1.165, 1.54) is 0 Å². The Labute approximate surface area is 86.6 Å². The number of carbonyl (C=O) groups is 1. The first-order valence-electron chi connectivity index (χ1n) is 5.12. The fraction of sp³-hybridized carbons (Fsp3) is 0.583. The average Bonchev–Trinajstić information content (AvgIpc) is 2.10. The first-order chi connectivity index (χ1) is 6.66. The molecule has 0 aromatic heterocycles. The highest BCUT2D eigenvalue weighted by atomic mass is 16.5. The number of esters is 1. The van der Waals surface area contributed by atoms with Gasteiger partial charge in [-0.15, -0.1) is 6.58 Å². The maximum absolute atomic E-state index is 11.1. The zero-order valence-electron chi connectivity index (χ0n) is 9.16. The Kier molecular flexibility index (Phi) is 7.90. The lowest BCUT2D eigenvalue weighted by Gasteiger charge is -2.05. The molecule has 0 atom stereocenters. The first-order valence-corrected chi connectivity index (χ1v) is 5.12. The van der Waals surface area contributed by atoms with Crippen molar-refractivity contribution in [2.24, 2.45) is 0 Å². The molecule has 0 aromatic rings. The van der Waals surface area contributed by atoms with Crippen LogP contribution in [0, 0.1) is 0 Å². The van der Waals surface area contributed by atoms with Gasteiger partial charge in [0.05, 0.1) is 12.5 Å². The van der Waals surface area contributed by atoms with Crippen molar-refractivity contribution in [3.05, 3.63) is 24.8 Å². The van der Waals surface area contributed by atoms with Crippen LogP contribution in [-0.4, -0.2) is 12.1 Å². The third kappa shape index (κ3) is 9.04. The van der Waals surface area contributed by atoms with Crippen LogP contribution in [0.25, 0.3) is 0 Å². The maximum Gasteiger partial charge on any atom is 0.309 e. The van der Waals surface area contributed by atoms with Crippen LogP contribution >= 0.6 is 0 Å². The van der Waals surface area contributed by atoms with Crippen LogP contribution in [0.1, 0.15) is 39.5 Å². The number of unbranched alkanes of at least 4 members (excludes halogenated alkanes) is 2. The van der Waals surface area contributed by atoms with E-state index in [4.69, 9.17) is 4.74 Å². The van der Waals surface area contributed by atoms with Gasteiger partial charge >= 0.3 is 5.97 Å². The Bertz CT molecular complexity index is 192. The molecule has 0 fully saturated rings. The van der Waals surface area contributed by atoms with Gasteiger partial charge in [0.15, 0.2) is 0 Å². The first kappa shape index (κ1) is 12.9. The van der Waals surface area contributed by atoms with Crippen molar-refractivity contribution in [2.75, 3.05) is 0 Å². The Hall–Kier alpha value is -1.05. The molecular weight excluding hydrogens is 176 g/mol. The van der Waals surface area contributed by atoms with E-state index >= 15 is 0 Å². The molecular formula is C12H20O2. The summed E-state index contributed by atoms with van der Waals surface area (Å²) >= 11 is 0. The van der Waals surface area contributed by atoms with Crippen molar-refractivity contribution in [3.8, 4) is 0 Å². The van der Waals surface area contributed by atoms with Crippen LogP contribution in [0.4, 0.5) is 0 Å². The van der Waals surface area contributed by atoms with Crippen molar-refractivity contribution >= 4 is 5.97 Å². The van der Waals surface area contributed by atoms with Crippen LogP contribution in [0.5, 0.6) is 0 Å². The van der Waals surface area contributed by atoms with Crippen LogP contribution in [0.2, 0.25) is 0 Å². The second-order valence-electron chi connectivity index (χ2n) is 3.43. The monoisotopic (exact) mass is 196 g/mol. The number of hydrogen-bond acceptors (Lipinski definition) is 2. The fourth-order valence-corrected chi connectivity index (χ4v) is 0.988. The topological polar surface area (TPSA) is 26.3 Å². The van der Waals surface area contributed by atoms with Gasteiger partial charge in [0.1, 0.15) is 0 Å². The lowest BCUT2D eigenvalue weighted by atomic mass is 10.2. The molecule has 0 heterocycles. The lowest BCUT2D eigenvalue weighted by molar-refractivity contribution is -0.146. The molecule has 0 aliphatic carbocycles. The molecule has 14 heavy (non-hydrogen) atoms. The third-order valence-electron chi connectivity index (χ3n) is 1.60. The minimum Gasteiger partial charge on any atom is -0.463 e. The van der Waals surface area contributed by atoms with E-state index in [0.29, 0.717) is 6.42 Å². The molecule has 0 rings (SSSR count). The van der Waals surface area contributed by atoms with Crippen molar-refractivity contribution < 1.29 is 9.53 Å². The second kappa shape index (κ2) is 8.54. The predicted octanol–water partition coefficient (Wildman–Crippen LogP) is 3.24. The summed E-state index contributed by atoms with van der Waals surface area (Å²) in [6, 6.07) is 0. The SMILES string of the molecule is C=CCCC/C=C/CC(=O)OC(C)C. The van der Waals surface area contributed by atoms with Crippen LogP contribution in [0.15, 0.2) is 24.8 Å². The summed E-state index contributed by atoms with van der Waals surface area (Å²) in [4.78, 5) is 11.1. The molecule has 0 N–H and O–H groups in total. The smallest absolute Gasteiger partial charge is 0.309 e. The molecule has 2 heteroatoms. The van der Waals surface area contributed by atoms with E-state index in [2.05, 4.69) is 6.58 Å².